The zero-order chi connectivity index (χ0) is 10.3. The maximum atomic E-state index is 4.54. The van der Waals surface area contributed by atoms with Gasteiger partial charge in [0.25, 0.3) is 0 Å². The summed E-state index contributed by atoms with van der Waals surface area (Å²) in [6.45, 7) is 0. The molecule has 0 spiro atoms. The monoisotopic (exact) mass is 192 g/mol. The van der Waals surface area contributed by atoms with Crippen molar-refractivity contribution in [3.63, 3.8) is 0 Å². The molecule has 0 aliphatic heterocycles. The summed E-state index contributed by atoms with van der Waals surface area (Å²) in [5, 5.41) is 2.29. The molecule has 2 aromatic heterocycles. The Bertz CT molecular complexity index is 649. The summed E-state index contributed by atoms with van der Waals surface area (Å²) in [7, 11) is 2.00. The summed E-state index contributed by atoms with van der Waals surface area (Å²) < 4.78 is 0. The van der Waals surface area contributed by atoms with Crippen molar-refractivity contribution in [2.24, 2.45) is 0 Å². The fourth-order valence-electron chi connectivity index (χ4n) is 1.82. The lowest BCUT2D eigenvalue weighted by Crippen LogP contribution is -2.06. The number of fused-ring (bicyclic) bond motifs is 3. The Balaban J connectivity index is 2.57. The standard InChI is InChI=1S/C12H9BN2/c13-10-6-5-9-4-3-8-2-1-7-14-11(8)12(9)15-10/h1-7H,13H2. The molecule has 3 aromatic rings. The molecular formula is C12H9BN2. The van der Waals surface area contributed by atoms with Crippen LogP contribution >= 0.6 is 0 Å². The van der Waals surface area contributed by atoms with E-state index in [-0.39, 0.29) is 0 Å². The summed E-state index contributed by atoms with van der Waals surface area (Å²) in [6.07, 6.45) is 1.81. The Labute approximate surface area is 88.4 Å². The summed E-state index contributed by atoms with van der Waals surface area (Å²) in [6, 6.07) is 12.3. The minimum atomic E-state index is 0.985. The van der Waals surface area contributed by atoms with Gasteiger partial charge in [0, 0.05) is 17.0 Å². The van der Waals surface area contributed by atoms with E-state index >= 15 is 0 Å². The highest BCUT2D eigenvalue weighted by Gasteiger charge is 2.01. The Morgan fingerprint density at radius 3 is 2.47 bits per heavy atom. The predicted octanol–water partition coefficient (Wildman–Crippen LogP) is 1.04. The highest BCUT2D eigenvalue weighted by atomic mass is 14.7. The van der Waals surface area contributed by atoms with E-state index in [1.54, 1.807) is 0 Å². The second-order valence-electron chi connectivity index (χ2n) is 3.67. The molecule has 3 rings (SSSR count). The zero-order valence-corrected chi connectivity index (χ0v) is 8.44. The molecular weight excluding hydrogens is 183 g/mol. The van der Waals surface area contributed by atoms with Crippen molar-refractivity contribution in [3.05, 3.63) is 42.6 Å². The maximum Gasteiger partial charge on any atom is 0.163 e. The minimum absolute atomic E-state index is 0.985. The van der Waals surface area contributed by atoms with E-state index in [9.17, 15) is 0 Å². The van der Waals surface area contributed by atoms with Crippen LogP contribution in [0.5, 0.6) is 0 Å². The molecule has 70 valence electrons. The average molecular weight is 192 g/mol. The van der Waals surface area contributed by atoms with Gasteiger partial charge < -0.3 is 0 Å². The van der Waals surface area contributed by atoms with Crippen molar-refractivity contribution in [2.75, 3.05) is 0 Å². The second-order valence-corrected chi connectivity index (χ2v) is 3.67. The number of hydrogen-bond acceptors (Lipinski definition) is 2. The molecule has 0 radical (unpaired) electrons. The molecule has 2 nitrogen and oxygen atoms in total. The third-order valence-corrected chi connectivity index (χ3v) is 2.57. The van der Waals surface area contributed by atoms with E-state index in [0.29, 0.717) is 0 Å². The molecule has 0 unspecified atom stereocenters. The van der Waals surface area contributed by atoms with Crippen molar-refractivity contribution in [1.29, 1.82) is 0 Å². The number of aromatic nitrogens is 2. The fourth-order valence-corrected chi connectivity index (χ4v) is 1.82. The second kappa shape index (κ2) is 3.06. The number of pyridine rings is 2. The number of rotatable bonds is 0. The Morgan fingerprint density at radius 2 is 1.60 bits per heavy atom. The van der Waals surface area contributed by atoms with Crippen LogP contribution in [0.3, 0.4) is 0 Å². The minimum Gasteiger partial charge on any atom is -0.261 e. The van der Waals surface area contributed by atoms with Crippen LogP contribution in [-0.2, 0) is 0 Å². The van der Waals surface area contributed by atoms with Gasteiger partial charge in [-0.25, -0.2) is 0 Å². The van der Waals surface area contributed by atoms with Crippen molar-refractivity contribution < 1.29 is 0 Å². The Kier molecular flexibility index (Phi) is 1.71. The summed E-state index contributed by atoms with van der Waals surface area (Å²) in [5.74, 6) is 0. The maximum absolute atomic E-state index is 4.54. The molecule has 0 saturated carbocycles. The van der Waals surface area contributed by atoms with Crippen LogP contribution < -0.4 is 5.59 Å². The number of hydrogen-bond donors (Lipinski definition) is 0. The third kappa shape index (κ3) is 1.28. The van der Waals surface area contributed by atoms with Crippen LogP contribution in [0, 0.1) is 0 Å². The van der Waals surface area contributed by atoms with Gasteiger partial charge in [-0.15, -0.1) is 0 Å². The largest absolute Gasteiger partial charge is 0.261 e. The van der Waals surface area contributed by atoms with Crippen LogP contribution in [0.1, 0.15) is 0 Å². The highest BCUT2D eigenvalue weighted by Crippen LogP contribution is 2.20. The van der Waals surface area contributed by atoms with Gasteiger partial charge in [0.1, 0.15) is 0 Å². The molecule has 2 heterocycles. The normalized spacial score (nSPS) is 10.9. The lowest BCUT2D eigenvalue weighted by molar-refractivity contribution is 1.40. The first kappa shape index (κ1) is 8.42. The van der Waals surface area contributed by atoms with Crippen LogP contribution in [0.15, 0.2) is 42.6 Å². The lowest BCUT2D eigenvalue weighted by atomic mass is 10.0. The molecule has 0 N–H and O–H groups in total. The van der Waals surface area contributed by atoms with Crippen molar-refractivity contribution in [2.45, 2.75) is 0 Å². The van der Waals surface area contributed by atoms with Gasteiger partial charge >= 0.3 is 0 Å². The van der Waals surface area contributed by atoms with Gasteiger partial charge in [-0.2, -0.15) is 0 Å². The zero-order valence-electron chi connectivity index (χ0n) is 8.44. The van der Waals surface area contributed by atoms with Gasteiger partial charge in [-0.05, 0) is 11.7 Å². The quantitative estimate of drug-likeness (QED) is 0.392. The van der Waals surface area contributed by atoms with Gasteiger partial charge in [0.05, 0.1) is 11.0 Å². The summed E-state index contributed by atoms with van der Waals surface area (Å²) >= 11 is 0. The molecule has 1 aromatic carbocycles. The van der Waals surface area contributed by atoms with E-state index in [1.807, 2.05) is 26.2 Å². The van der Waals surface area contributed by atoms with Crippen LogP contribution in [0.25, 0.3) is 21.8 Å². The van der Waals surface area contributed by atoms with Crippen LogP contribution in [-0.4, -0.2) is 17.8 Å². The lowest BCUT2D eigenvalue weighted by Gasteiger charge is -2.02. The topological polar surface area (TPSA) is 25.8 Å². The molecule has 0 aliphatic carbocycles. The first-order chi connectivity index (χ1) is 7.34. The van der Waals surface area contributed by atoms with E-state index < -0.39 is 0 Å². The van der Waals surface area contributed by atoms with Crippen LogP contribution in [0.4, 0.5) is 0 Å². The Morgan fingerprint density at radius 1 is 0.867 bits per heavy atom. The van der Waals surface area contributed by atoms with E-state index in [1.165, 1.54) is 0 Å². The van der Waals surface area contributed by atoms with E-state index in [0.717, 1.165) is 27.4 Å². The molecule has 0 fully saturated rings. The van der Waals surface area contributed by atoms with Gasteiger partial charge in [0.15, 0.2) is 7.85 Å². The average Bonchev–Trinajstić information content (AvgIpc) is 2.29. The summed E-state index contributed by atoms with van der Waals surface area (Å²) in [4.78, 5) is 8.93. The highest BCUT2D eigenvalue weighted by molar-refractivity contribution is 6.31. The third-order valence-electron chi connectivity index (χ3n) is 2.57. The van der Waals surface area contributed by atoms with Crippen molar-refractivity contribution in [3.8, 4) is 0 Å². The number of nitrogens with zero attached hydrogens (tertiary/aromatic N) is 2. The SMILES string of the molecule is Bc1ccc2ccc3cccnc3c2n1. The molecule has 0 bridgehead atoms. The van der Waals surface area contributed by atoms with Gasteiger partial charge in [0.2, 0.25) is 0 Å². The fraction of sp³-hybridized carbons (Fsp3) is 0. The molecule has 0 atom stereocenters. The van der Waals surface area contributed by atoms with Crippen molar-refractivity contribution in [1.82, 2.24) is 9.97 Å². The molecule has 15 heavy (non-hydrogen) atoms. The first-order valence-electron chi connectivity index (χ1n) is 4.96. The summed E-state index contributed by atoms with van der Waals surface area (Å²) in [5.41, 5.74) is 3.01. The molecule has 3 heteroatoms. The number of benzene rings is 1. The molecule has 0 aliphatic rings. The van der Waals surface area contributed by atoms with E-state index in [2.05, 4.69) is 34.2 Å². The van der Waals surface area contributed by atoms with Gasteiger partial charge in [-0.1, -0.05) is 30.3 Å². The van der Waals surface area contributed by atoms with Crippen molar-refractivity contribution >= 4 is 35.2 Å². The first-order valence-corrected chi connectivity index (χ1v) is 4.96. The molecule has 0 saturated heterocycles. The van der Waals surface area contributed by atoms with Gasteiger partial charge in [-0.3, -0.25) is 9.97 Å². The predicted molar refractivity (Wildman–Crippen MR) is 65.2 cm³/mol. The Hall–Kier alpha value is -1.90. The molecule has 0 amide bonds. The van der Waals surface area contributed by atoms with E-state index in [4.69, 9.17) is 0 Å². The smallest absolute Gasteiger partial charge is 0.163 e. The van der Waals surface area contributed by atoms with Crippen LogP contribution in [0.2, 0.25) is 0 Å².